The quantitative estimate of drug-likeness (QED) is 0.753. The van der Waals surface area contributed by atoms with Gasteiger partial charge in [0.15, 0.2) is 0 Å². The highest BCUT2D eigenvalue weighted by molar-refractivity contribution is 6.01. The van der Waals surface area contributed by atoms with Gasteiger partial charge in [-0.25, -0.2) is 0 Å². The maximum atomic E-state index is 12.0. The van der Waals surface area contributed by atoms with Gasteiger partial charge in [-0.15, -0.1) is 0 Å². The fourth-order valence-corrected chi connectivity index (χ4v) is 3.50. The van der Waals surface area contributed by atoms with Crippen molar-refractivity contribution >= 4 is 11.9 Å². The van der Waals surface area contributed by atoms with Crippen LogP contribution in [0.3, 0.4) is 0 Å². The highest BCUT2D eigenvalue weighted by atomic mass is 16.4. The lowest BCUT2D eigenvalue weighted by Gasteiger charge is -2.30. The second-order valence-electron chi connectivity index (χ2n) is 6.53. The maximum absolute atomic E-state index is 12.0. The summed E-state index contributed by atoms with van der Waals surface area (Å²) in [5.74, 6) is 0.674. The molecule has 0 aromatic carbocycles. The molecule has 1 amide bonds. The van der Waals surface area contributed by atoms with Gasteiger partial charge in [0, 0.05) is 6.04 Å². The normalized spacial score (nSPS) is 32.3. The summed E-state index contributed by atoms with van der Waals surface area (Å²) in [6.07, 6.45) is 5.10. The minimum absolute atomic E-state index is 0.0893. The molecule has 2 aliphatic carbocycles. The molecule has 0 aromatic rings. The average Bonchev–Trinajstić information content (AvgIpc) is 2.89. The van der Waals surface area contributed by atoms with Crippen molar-refractivity contribution in [3.8, 4) is 0 Å². The molecular formula is C14H23NO3. The number of aliphatic carboxylic acids is 1. The maximum Gasteiger partial charge on any atom is 0.318 e. The Kier molecular flexibility index (Phi) is 3.39. The van der Waals surface area contributed by atoms with E-state index in [0.717, 1.165) is 11.8 Å². The number of hydrogen-bond acceptors (Lipinski definition) is 2. The van der Waals surface area contributed by atoms with E-state index < -0.39 is 11.4 Å². The number of rotatable bonds is 4. The Morgan fingerprint density at radius 2 is 1.94 bits per heavy atom. The van der Waals surface area contributed by atoms with Gasteiger partial charge in [-0.3, -0.25) is 9.59 Å². The molecule has 2 aliphatic rings. The highest BCUT2D eigenvalue weighted by Gasteiger charge is 2.44. The summed E-state index contributed by atoms with van der Waals surface area (Å²) in [6, 6.07) is 0.0893. The zero-order chi connectivity index (χ0) is 13.5. The van der Waals surface area contributed by atoms with Crippen LogP contribution in [0.15, 0.2) is 0 Å². The first kappa shape index (κ1) is 13.4. The summed E-state index contributed by atoms with van der Waals surface area (Å²) in [4.78, 5) is 23.0. The van der Waals surface area contributed by atoms with Gasteiger partial charge >= 0.3 is 5.97 Å². The van der Waals surface area contributed by atoms with Crippen LogP contribution in [0.25, 0.3) is 0 Å². The van der Waals surface area contributed by atoms with E-state index >= 15 is 0 Å². The van der Waals surface area contributed by atoms with Gasteiger partial charge in [-0.2, -0.15) is 0 Å². The summed E-state index contributed by atoms with van der Waals surface area (Å²) >= 11 is 0. The molecule has 2 saturated carbocycles. The van der Waals surface area contributed by atoms with E-state index in [4.69, 9.17) is 5.11 Å². The lowest BCUT2D eigenvalue weighted by molar-refractivity contribution is -0.153. The van der Waals surface area contributed by atoms with Crippen LogP contribution in [-0.2, 0) is 9.59 Å². The smallest absolute Gasteiger partial charge is 0.318 e. The second-order valence-corrected chi connectivity index (χ2v) is 6.53. The third-order valence-electron chi connectivity index (χ3n) is 4.90. The molecule has 2 N–H and O–H groups in total. The molecule has 0 radical (unpaired) electrons. The Bertz CT molecular complexity index is 364. The van der Waals surface area contributed by atoms with Crippen LogP contribution in [0.5, 0.6) is 0 Å². The number of carbonyl (C=O) groups excluding carboxylic acids is 1. The fraction of sp³-hybridized carbons (Fsp3) is 0.857. The summed E-state index contributed by atoms with van der Waals surface area (Å²) in [6.45, 7) is 4.93. The highest BCUT2D eigenvalue weighted by Crippen LogP contribution is 2.49. The van der Waals surface area contributed by atoms with Crippen molar-refractivity contribution < 1.29 is 14.7 Å². The molecule has 2 rings (SSSR count). The van der Waals surface area contributed by atoms with Gasteiger partial charge in [-0.1, -0.05) is 6.42 Å². The van der Waals surface area contributed by atoms with Gasteiger partial charge in [0.05, 0.1) is 0 Å². The first-order valence-electron chi connectivity index (χ1n) is 6.86. The van der Waals surface area contributed by atoms with Gasteiger partial charge in [0.25, 0.3) is 0 Å². The number of amides is 1. The van der Waals surface area contributed by atoms with Gasteiger partial charge < -0.3 is 10.4 Å². The van der Waals surface area contributed by atoms with Crippen molar-refractivity contribution in [3.05, 3.63) is 0 Å². The topological polar surface area (TPSA) is 66.4 Å². The third kappa shape index (κ3) is 2.25. The number of carbonyl (C=O) groups is 2. The molecule has 4 nitrogen and oxygen atoms in total. The van der Waals surface area contributed by atoms with Crippen LogP contribution in [0.4, 0.5) is 0 Å². The molecule has 102 valence electrons. The monoisotopic (exact) mass is 253 g/mol. The molecule has 2 fully saturated rings. The molecule has 18 heavy (non-hydrogen) atoms. The van der Waals surface area contributed by atoms with Crippen molar-refractivity contribution in [3.63, 3.8) is 0 Å². The predicted octanol–water partition coefficient (Wildman–Crippen LogP) is 2.04. The minimum atomic E-state index is -1.34. The molecule has 4 atom stereocenters. The van der Waals surface area contributed by atoms with E-state index in [2.05, 4.69) is 5.32 Å². The lowest BCUT2D eigenvalue weighted by atomic mass is 9.83. The molecular weight excluding hydrogens is 230 g/mol. The Morgan fingerprint density at radius 1 is 1.28 bits per heavy atom. The number of fused-ring (bicyclic) bond motifs is 2. The number of carboxylic acids is 1. The van der Waals surface area contributed by atoms with Crippen molar-refractivity contribution in [1.29, 1.82) is 0 Å². The minimum Gasteiger partial charge on any atom is -0.480 e. The zero-order valence-corrected chi connectivity index (χ0v) is 11.4. The molecule has 0 aliphatic heterocycles. The molecule has 0 spiro atoms. The Labute approximate surface area is 108 Å². The summed E-state index contributed by atoms with van der Waals surface area (Å²) in [5.41, 5.74) is -1.34. The SMILES string of the molecule is CC(NC(=O)C(C)(C)C(=O)O)C1CC2CCC1C2. The predicted molar refractivity (Wildman–Crippen MR) is 68.0 cm³/mol. The zero-order valence-electron chi connectivity index (χ0n) is 11.4. The number of carboxylic acid groups (broad SMARTS) is 1. The van der Waals surface area contributed by atoms with E-state index in [9.17, 15) is 9.59 Å². The molecule has 4 unspecified atom stereocenters. The molecule has 0 aromatic heterocycles. The Morgan fingerprint density at radius 3 is 2.39 bits per heavy atom. The molecule has 2 bridgehead atoms. The Balaban J connectivity index is 1.94. The lowest BCUT2D eigenvalue weighted by Crippen LogP contribution is -2.48. The first-order valence-corrected chi connectivity index (χ1v) is 6.86. The van der Waals surface area contributed by atoms with Crippen molar-refractivity contribution in [2.45, 2.75) is 52.5 Å². The van der Waals surface area contributed by atoms with Crippen LogP contribution < -0.4 is 5.32 Å². The largest absolute Gasteiger partial charge is 0.480 e. The Hall–Kier alpha value is -1.06. The number of hydrogen-bond donors (Lipinski definition) is 2. The standard InChI is InChI=1S/C14H23NO3/c1-8(11-7-9-4-5-10(11)6-9)15-12(16)14(2,3)13(17)18/h8-11H,4-7H2,1-3H3,(H,15,16)(H,17,18). The van der Waals surface area contributed by atoms with E-state index in [-0.39, 0.29) is 11.9 Å². The van der Waals surface area contributed by atoms with Gasteiger partial charge in [0.1, 0.15) is 5.41 Å². The van der Waals surface area contributed by atoms with Crippen molar-refractivity contribution in [2.24, 2.45) is 23.2 Å². The summed E-state index contributed by atoms with van der Waals surface area (Å²) < 4.78 is 0. The van der Waals surface area contributed by atoms with Gasteiger partial charge in [0.2, 0.25) is 5.91 Å². The average molecular weight is 253 g/mol. The van der Waals surface area contributed by atoms with E-state index in [0.29, 0.717) is 5.92 Å². The van der Waals surface area contributed by atoms with Crippen LogP contribution in [0.2, 0.25) is 0 Å². The second kappa shape index (κ2) is 4.56. The van der Waals surface area contributed by atoms with E-state index in [1.807, 2.05) is 6.92 Å². The first-order chi connectivity index (χ1) is 8.32. The molecule has 0 heterocycles. The van der Waals surface area contributed by atoms with Crippen LogP contribution >= 0.6 is 0 Å². The summed E-state index contributed by atoms with van der Waals surface area (Å²) in [7, 11) is 0. The third-order valence-corrected chi connectivity index (χ3v) is 4.90. The van der Waals surface area contributed by atoms with Crippen molar-refractivity contribution in [1.82, 2.24) is 5.32 Å². The van der Waals surface area contributed by atoms with Crippen LogP contribution in [-0.4, -0.2) is 23.0 Å². The van der Waals surface area contributed by atoms with Crippen LogP contribution in [0.1, 0.15) is 46.5 Å². The fourth-order valence-electron chi connectivity index (χ4n) is 3.50. The van der Waals surface area contributed by atoms with Crippen LogP contribution in [0, 0.1) is 23.2 Å². The van der Waals surface area contributed by atoms with E-state index in [1.54, 1.807) is 0 Å². The van der Waals surface area contributed by atoms with Gasteiger partial charge in [-0.05, 0) is 57.8 Å². The van der Waals surface area contributed by atoms with Crippen molar-refractivity contribution in [2.75, 3.05) is 0 Å². The molecule has 0 saturated heterocycles. The molecule has 4 heteroatoms. The van der Waals surface area contributed by atoms with E-state index in [1.165, 1.54) is 39.5 Å². The summed E-state index contributed by atoms with van der Waals surface area (Å²) in [5, 5.41) is 11.9. The number of nitrogens with one attached hydrogen (secondary N) is 1.